The van der Waals surface area contributed by atoms with Crippen molar-refractivity contribution < 1.29 is 4.79 Å². The second-order valence-corrected chi connectivity index (χ2v) is 9.28. The average Bonchev–Trinajstić information content (AvgIpc) is 3.00. The maximum absolute atomic E-state index is 12.3. The number of aromatic nitrogens is 2. The first-order valence-electron chi connectivity index (χ1n) is 7.42. The van der Waals surface area contributed by atoms with Gasteiger partial charge in [0.1, 0.15) is 6.07 Å². The van der Waals surface area contributed by atoms with Crippen LogP contribution in [0.4, 0.5) is 5.69 Å². The minimum Gasteiger partial charge on any atom is -0.324 e. The van der Waals surface area contributed by atoms with Gasteiger partial charge in [0.15, 0.2) is 8.68 Å². The van der Waals surface area contributed by atoms with Crippen LogP contribution < -0.4 is 5.32 Å². The second-order valence-electron chi connectivity index (χ2n) is 5.45. The summed E-state index contributed by atoms with van der Waals surface area (Å²) < 4.78 is 1.70. The predicted octanol–water partition coefficient (Wildman–Crippen LogP) is 4.28. The summed E-state index contributed by atoms with van der Waals surface area (Å²) in [5, 5.41) is 19.8. The molecule has 0 aliphatic carbocycles. The van der Waals surface area contributed by atoms with Gasteiger partial charge in [-0.05, 0) is 25.0 Å². The number of carbonyl (C=O) groups is 1. The van der Waals surface area contributed by atoms with Gasteiger partial charge in [-0.3, -0.25) is 4.79 Å². The molecule has 5 nitrogen and oxygen atoms in total. The van der Waals surface area contributed by atoms with Crippen LogP contribution in [0.25, 0.3) is 0 Å². The van der Waals surface area contributed by atoms with Gasteiger partial charge in [0, 0.05) is 5.75 Å². The number of hydrogen-bond donors (Lipinski definition) is 1. The molecular formula is C16H18N4OS3. The van der Waals surface area contributed by atoms with Crippen LogP contribution in [-0.2, 0) is 4.79 Å². The summed E-state index contributed by atoms with van der Waals surface area (Å²) >= 11 is 4.57. The number of hydrogen-bond acceptors (Lipinski definition) is 7. The van der Waals surface area contributed by atoms with Crippen LogP contribution >= 0.6 is 34.9 Å². The summed E-state index contributed by atoms with van der Waals surface area (Å²) in [7, 11) is 0. The zero-order valence-corrected chi connectivity index (χ0v) is 16.1. The van der Waals surface area contributed by atoms with Crippen LogP contribution in [0.2, 0.25) is 0 Å². The number of rotatable bonds is 7. The molecule has 0 aliphatic heterocycles. The monoisotopic (exact) mass is 378 g/mol. The van der Waals surface area contributed by atoms with Crippen molar-refractivity contribution in [3.8, 4) is 6.07 Å². The number of nitrogens with zero attached hydrogens (tertiary/aromatic N) is 3. The lowest BCUT2D eigenvalue weighted by Crippen LogP contribution is -2.22. The molecule has 1 N–H and O–H groups in total. The van der Waals surface area contributed by atoms with E-state index in [2.05, 4.69) is 35.4 Å². The van der Waals surface area contributed by atoms with Crippen LogP contribution in [0.3, 0.4) is 0 Å². The Bertz CT molecular complexity index is 739. The number of nitrogens with one attached hydrogen (secondary N) is 1. The molecule has 0 aliphatic rings. The Morgan fingerprint density at radius 2 is 2.00 bits per heavy atom. The number of thioether (sulfide) groups is 2. The minimum absolute atomic E-state index is 0.158. The van der Waals surface area contributed by atoms with Crippen molar-refractivity contribution in [3.05, 3.63) is 29.8 Å². The molecule has 2 rings (SSSR count). The lowest BCUT2D eigenvalue weighted by molar-refractivity contribution is -0.115. The Balaban J connectivity index is 1.93. The van der Waals surface area contributed by atoms with Gasteiger partial charge in [0.25, 0.3) is 0 Å². The SMILES string of the molecule is CC(C)CSc1nnc(S[C@@H](C)C(=O)Nc2ccccc2C#N)s1. The Labute approximate surface area is 154 Å². The third-order valence-electron chi connectivity index (χ3n) is 2.88. The van der Waals surface area contributed by atoms with Crippen LogP contribution in [0.5, 0.6) is 0 Å². The van der Waals surface area contributed by atoms with E-state index in [1.165, 1.54) is 23.1 Å². The molecule has 0 spiro atoms. The van der Waals surface area contributed by atoms with Gasteiger partial charge in [0.05, 0.1) is 16.5 Å². The van der Waals surface area contributed by atoms with Crippen molar-refractivity contribution >= 4 is 46.5 Å². The number of anilines is 1. The van der Waals surface area contributed by atoms with Gasteiger partial charge in [-0.2, -0.15) is 5.26 Å². The molecule has 0 fully saturated rings. The van der Waals surface area contributed by atoms with E-state index < -0.39 is 0 Å². The lowest BCUT2D eigenvalue weighted by Gasteiger charge is -2.11. The van der Waals surface area contributed by atoms with E-state index >= 15 is 0 Å². The Morgan fingerprint density at radius 1 is 1.29 bits per heavy atom. The van der Waals surface area contributed by atoms with Gasteiger partial charge in [-0.15, -0.1) is 10.2 Å². The molecule has 0 bridgehead atoms. The summed E-state index contributed by atoms with van der Waals surface area (Å²) in [5.41, 5.74) is 0.981. The highest BCUT2D eigenvalue weighted by Gasteiger charge is 2.18. The van der Waals surface area contributed by atoms with Crippen LogP contribution in [0.1, 0.15) is 26.3 Å². The molecule has 1 amide bonds. The Morgan fingerprint density at radius 3 is 2.71 bits per heavy atom. The number of carbonyl (C=O) groups excluding carboxylic acids is 1. The molecule has 0 radical (unpaired) electrons. The average molecular weight is 379 g/mol. The third kappa shape index (κ3) is 5.51. The fourth-order valence-electron chi connectivity index (χ4n) is 1.67. The summed E-state index contributed by atoms with van der Waals surface area (Å²) in [6.45, 7) is 6.14. The van der Waals surface area contributed by atoms with Gasteiger partial charge in [-0.25, -0.2) is 0 Å². The van der Waals surface area contributed by atoms with E-state index in [-0.39, 0.29) is 11.2 Å². The molecule has 0 saturated carbocycles. The Kier molecular flexibility index (Phi) is 7.09. The summed E-state index contributed by atoms with van der Waals surface area (Å²) in [6.07, 6.45) is 0. The summed E-state index contributed by atoms with van der Waals surface area (Å²) in [5.74, 6) is 1.44. The summed E-state index contributed by atoms with van der Waals surface area (Å²) in [6, 6.07) is 9.03. The number of benzene rings is 1. The molecule has 0 saturated heterocycles. The van der Waals surface area contributed by atoms with E-state index in [1.54, 1.807) is 36.0 Å². The zero-order valence-electron chi connectivity index (χ0n) is 13.6. The van der Waals surface area contributed by atoms with Gasteiger partial charge in [0.2, 0.25) is 5.91 Å². The van der Waals surface area contributed by atoms with Crippen molar-refractivity contribution in [1.82, 2.24) is 10.2 Å². The highest BCUT2D eigenvalue weighted by Crippen LogP contribution is 2.32. The lowest BCUT2D eigenvalue weighted by atomic mass is 10.2. The van der Waals surface area contributed by atoms with E-state index in [1.807, 2.05) is 6.92 Å². The maximum Gasteiger partial charge on any atom is 0.237 e. The molecule has 8 heteroatoms. The molecule has 1 aromatic carbocycles. The molecule has 1 atom stereocenters. The fraction of sp³-hybridized carbons (Fsp3) is 0.375. The van der Waals surface area contributed by atoms with E-state index in [4.69, 9.17) is 5.26 Å². The largest absolute Gasteiger partial charge is 0.324 e. The van der Waals surface area contributed by atoms with Crippen molar-refractivity contribution in [2.45, 2.75) is 34.7 Å². The van der Waals surface area contributed by atoms with Gasteiger partial charge >= 0.3 is 0 Å². The number of nitriles is 1. The molecule has 0 unspecified atom stereocenters. The molecule has 1 heterocycles. The van der Waals surface area contributed by atoms with Crippen molar-refractivity contribution in [2.24, 2.45) is 5.92 Å². The fourth-order valence-corrected chi connectivity index (χ4v) is 4.81. The zero-order chi connectivity index (χ0) is 17.5. The second kappa shape index (κ2) is 9.06. The van der Waals surface area contributed by atoms with Crippen molar-refractivity contribution in [2.75, 3.05) is 11.1 Å². The highest BCUT2D eigenvalue weighted by atomic mass is 32.2. The maximum atomic E-state index is 12.3. The third-order valence-corrected chi connectivity index (χ3v) is 6.55. The molecule has 126 valence electrons. The minimum atomic E-state index is -0.326. The van der Waals surface area contributed by atoms with E-state index in [0.29, 0.717) is 17.2 Å². The van der Waals surface area contributed by atoms with Crippen molar-refractivity contribution in [1.29, 1.82) is 5.26 Å². The summed E-state index contributed by atoms with van der Waals surface area (Å²) in [4.78, 5) is 12.3. The van der Waals surface area contributed by atoms with Crippen LogP contribution in [0.15, 0.2) is 32.9 Å². The van der Waals surface area contributed by atoms with E-state index in [0.717, 1.165) is 14.4 Å². The standard InChI is InChI=1S/C16H18N4OS3/c1-10(2)9-22-15-19-20-16(24-15)23-11(3)14(21)18-13-7-5-4-6-12(13)8-17/h4-7,10-11H,9H2,1-3H3,(H,18,21)/t11-/m0/s1. The quantitative estimate of drug-likeness (QED) is 0.725. The van der Waals surface area contributed by atoms with Crippen LogP contribution in [-0.4, -0.2) is 27.1 Å². The first-order valence-corrected chi connectivity index (χ1v) is 10.1. The molecular weight excluding hydrogens is 360 g/mol. The first kappa shape index (κ1) is 18.8. The van der Waals surface area contributed by atoms with Gasteiger partial charge < -0.3 is 5.32 Å². The first-order chi connectivity index (χ1) is 11.5. The normalized spacial score (nSPS) is 12.0. The molecule has 24 heavy (non-hydrogen) atoms. The molecule has 1 aromatic heterocycles. The molecule has 2 aromatic rings. The van der Waals surface area contributed by atoms with E-state index in [9.17, 15) is 4.79 Å². The predicted molar refractivity (Wildman–Crippen MR) is 101 cm³/mol. The topological polar surface area (TPSA) is 78.7 Å². The Hall–Kier alpha value is -1.56. The smallest absolute Gasteiger partial charge is 0.237 e. The highest BCUT2D eigenvalue weighted by molar-refractivity contribution is 8.03. The van der Waals surface area contributed by atoms with Gasteiger partial charge in [-0.1, -0.05) is 60.8 Å². The number of para-hydroxylation sites is 1. The van der Waals surface area contributed by atoms with Crippen molar-refractivity contribution in [3.63, 3.8) is 0 Å². The van der Waals surface area contributed by atoms with Crippen LogP contribution in [0, 0.1) is 17.2 Å². The number of amides is 1.